The lowest BCUT2D eigenvalue weighted by molar-refractivity contribution is 0.0578. The van der Waals surface area contributed by atoms with Crippen molar-refractivity contribution in [3.8, 4) is 0 Å². The fraction of sp³-hybridized carbons (Fsp3) is 0.667. The first kappa shape index (κ1) is 18.4. The van der Waals surface area contributed by atoms with Crippen molar-refractivity contribution in [2.75, 3.05) is 25.9 Å². The highest BCUT2D eigenvalue weighted by Gasteiger charge is 2.30. The zero-order valence-corrected chi connectivity index (χ0v) is 15.3. The third kappa shape index (κ3) is 5.27. The van der Waals surface area contributed by atoms with Crippen molar-refractivity contribution in [2.24, 2.45) is 11.7 Å². The maximum Gasteiger partial charge on any atom is 0.264 e. The molecule has 0 aliphatic carbocycles. The van der Waals surface area contributed by atoms with Crippen LogP contribution in [-0.2, 0) is 16.4 Å². The van der Waals surface area contributed by atoms with Crippen LogP contribution in [0.15, 0.2) is 12.1 Å². The molecule has 1 aliphatic rings. The highest BCUT2D eigenvalue weighted by atomic mass is 32.2. The Morgan fingerprint density at radius 1 is 1.48 bits per heavy atom. The molecule has 1 aromatic rings. The second-order valence-corrected chi connectivity index (χ2v) is 9.20. The van der Waals surface area contributed by atoms with Gasteiger partial charge in [-0.05, 0) is 37.3 Å². The Bertz CT molecular complexity index is 642. The summed E-state index contributed by atoms with van der Waals surface area (Å²) in [5.41, 5.74) is 5.83. The van der Waals surface area contributed by atoms with Crippen LogP contribution in [0.2, 0.25) is 0 Å². The maximum atomic E-state index is 12.7. The fourth-order valence-electron chi connectivity index (χ4n) is 2.87. The van der Waals surface area contributed by atoms with E-state index in [1.165, 1.54) is 11.3 Å². The van der Waals surface area contributed by atoms with Gasteiger partial charge in [-0.2, -0.15) is 0 Å². The molecule has 6 nitrogen and oxygen atoms in total. The van der Waals surface area contributed by atoms with Crippen LogP contribution in [0.4, 0.5) is 0 Å². The van der Waals surface area contributed by atoms with E-state index in [0.717, 1.165) is 30.5 Å². The molecule has 0 radical (unpaired) electrons. The van der Waals surface area contributed by atoms with Crippen molar-refractivity contribution in [3.05, 3.63) is 21.9 Å². The molecule has 2 rings (SSSR count). The number of nitrogens with two attached hydrogens (primary N) is 1. The number of carbonyl (C=O) groups is 1. The molecule has 1 saturated heterocycles. The molecule has 2 unspecified atom stereocenters. The van der Waals surface area contributed by atoms with Gasteiger partial charge in [-0.3, -0.25) is 4.79 Å². The lowest BCUT2D eigenvalue weighted by Gasteiger charge is -2.37. The predicted octanol–water partition coefficient (Wildman–Crippen LogP) is 1.04. The monoisotopic (exact) mass is 359 g/mol. The zero-order chi connectivity index (χ0) is 17.0. The molecule has 23 heavy (non-hydrogen) atoms. The van der Waals surface area contributed by atoms with Crippen molar-refractivity contribution in [3.63, 3.8) is 0 Å². The third-order valence-corrected chi connectivity index (χ3v) is 5.98. The van der Waals surface area contributed by atoms with Gasteiger partial charge in [-0.25, -0.2) is 13.1 Å². The molecular weight excluding hydrogens is 334 g/mol. The summed E-state index contributed by atoms with van der Waals surface area (Å²) in [7, 11) is -3.17. The van der Waals surface area contributed by atoms with Crippen molar-refractivity contribution in [1.82, 2.24) is 9.62 Å². The molecule has 0 bridgehead atoms. The van der Waals surface area contributed by atoms with Crippen LogP contribution in [0.1, 0.15) is 34.3 Å². The minimum Gasteiger partial charge on any atom is -0.334 e. The van der Waals surface area contributed by atoms with E-state index in [1.807, 2.05) is 17.0 Å². The SMILES string of the molecule is CC1CCN(C(=O)c2ccc(CCNS(C)(=O)=O)s2)C(CN)C1. The van der Waals surface area contributed by atoms with Gasteiger partial charge in [0.05, 0.1) is 11.1 Å². The first-order valence-electron chi connectivity index (χ1n) is 7.84. The maximum absolute atomic E-state index is 12.7. The molecule has 0 spiro atoms. The Kier molecular flexibility index (Phi) is 6.19. The summed E-state index contributed by atoms with van der Waals surface area (Å²) in [6.45, 7) is 3.79. The van der Waals surface area contributed by atoms with Crippen molar-refractivity contribution in [1.29, 1.82) is 0 Å². The molecule has 0 aromatic carbocycles. The smallest absolute Gasteiger partial charge is 0.264 e. The van der Waals surface area contributed by atoms with Crippen LogP contribution in [0.25, 0.3) is 0 Å². The number of thiophene rings is 1. The summed E-state index contributed by atoms with van der Waals surface area (Å²) in [5.74, 6) is 0.647. The average molecular weight is 360 g/mol. The van der Waals surface area contributed by atoms with Gasteiger partial charge < -0.3 is 10.6 Å². The summed E-state index contributed by atoms with van der Waals surface area (Å²) in [6, 6.07) is 3.84. The van der Waals surface area contributed by atoms with E-state index in [0.29, 0.717) is 30.3 Å². The summed E-state index contributed by atoms with van der Waals surface area (Å²) in [6.07, 6.45) is 3.69. The number of likely N-dealkylation sites (tertiary alicyclic amines) is 1. The number of nitrogens with one attached hydrogen (secondary N) is 1. The average Bonchev–Trinajstić information content (AvgIpc) is 2.94. The van der Waals surface area contributed by atoms with E-state index in [-0.39, 0.29) is 11.9 Å². The molecule has 3 N–H and O–H groups in total. The normalized spacial score (nSPS) is 22.3. The number of hydrogen-bond acceptors (Lipinski definition) is 5. The van der Waals surface area contributed by atoms with E-state index in [9.17, 15) is 13.2 Å². The second kappa shape index (κ2) is 7.74. The zero-order valence-electron chi connectivity index (χ0n) is 13.6. The van der Waals surface area contributed by atoms with Crippen LogP contribution < -0.4 is 10.5 Å². The molecule has 1 fully saturated rings. The van der Waals surface area contributed by atoms with E-state index in [1.54, 1.807) is 0 Å². The van der Waals surface area contributed by atoms with Gasteiger partial charge in [0, 0.05) is 30.6 Å². The van der Waals surface area contributed by atoms with Gasteiger partial charge in [0.2, 0.25) is 10.0 Å². The van der Waals surface area contributed by atoms with Crippen LogP contribution >= 0.6 is 11.3 Å². The number of piperidine rings is 1. The second-order valence-electron chi connectivity index (χ2n) is 6.20. The number of hydrogen-bond donors (Lipinski definition) is 2. The Balaban J connectivity index is 1.97. The van der Waals surface area contributed by atoms with E-state index >= 15 is 0 Å². The third-order valence-electron chi connectivity index (χ3n) is 4.12. The summed E-state index contributed by atoms with van der Waals surface area (Å²) in [5, 5.41) is 0. The Hall–Kier alpha value is -0.960. The van der Waals surface area contributed by atoms with Gasteiger partial charge in [-0.1, -0.05) is 6.92 Å². The minimum absolute atomic E-state index is 0.0414. The fourth-order valence-corrected chi connectivity index (χ4v) is 4.31. The van der Waals surface area contributed by atoms with Gasteiger partial charge in [0.1, 0.15) is 0 Å². The number of rotatable bonds is 6. The van der Waals surface area contributed by atoms with Gasteiger partial charge in [-0.15, -0.1) is 11.3 Å². The predicted molar refractivity (Wildman–Crippen MR) is 93.1 cm³/mol. The van der Waals surface area contributed by atoms with Crippen molar-refractivity contribution in [2.45, 2.75) is 32.2 Å². The van der Waals surface area contributed by atoms with Gasteiger partial charge in [0.25, 0.3) is 5.91 Å². The molecule has 0 saturated carbocycles. The number of nitrogens with zero attached hydrogens (tertiary/aromatic N) is 1. The van der Waals surface area contributed by atoms with Crippen molar-refractivity contribution < 1.29 is 13.2 Å². The van der Waals surface area contributed by atoms with Gasteiger partial charge in [0.15, 0.2) is 0 Å². The van der Waals surface area contributed by atoms with Crippen LogP contribution in [-0.4, -0.2) is 51.2 Å². The molecule has 2 atom stereocenters. The Morgan fingerprint density at radius 2 is 2.22 bits per heavy atom. The molecule has 1 amide bonds. The quantitative estimate of drug-likeness (QED) is 0.794. The van der Waals surface area contributed by atoms with Crippen LogP contribution in [0.3, 0.4) is 0 Å². The summed E-state index contributed by atoms with van der Waals surface area (Å²) < 4.78 is 24.6. The first-order chi connectivity index (χ1) is 10.8. The molecule has 1 aliphatic heterocycles. The van der Waals surface area contributed by atoms with Crippen molar-refractivity contribution >= 4 is 27.3 Å². The van der Waals surface area contributed by atoms with Gasteiger partial charge >= 0.3 is 0 Å². The standard InChI is InChI=1S/C15H25N3O3S2/c1-11-6-8-18(12(9-11)10-16)15(19)14-4-3-13(22-14)5-7-17-23(2,20)21/h3-4,11-12,17H,5-10,16H2,1-2H3. The summed E-state index contributed by atoms with van der Waals surface area (Å²) >= 11 is 1.43. The number of sulfonamides is 1. The van der Waals surface area contributed by atoms with Crippen LogP contribution in [0, 0.1) is 5.92 Å². The van der Waals surface area contributed by atoms with E-state index in [2.05, 4.69) is 11.6 Å². The molecule has 1 aromatic heterocycles. The number of carbonyl (C=O) groups excluding carboxylic acids is 1. The first-order valence-corrected chi connectivity index (χ1v) is 10.6. The Labute approximate surface area is 142 Å². The highest BCUT2D eigenvalue weighted by Crippen LogP contribution is 2.26. The van der Waals surface area contributed by atoms with E-state index in [4.69, 9.17) is 5.73 Å². The number of amides is 1. The topological polar surface area (TPSA) is 92.5 Å². The Morgan fingerprint density at radius 3 is 2.87 bits per heavy atom. The van der Waals surface area contributed by atoms with Crippen LogP contribution in [0.5, 0.6) is 0 Å². The summed E-state index contributed by atoms with van der Waals surface area (Å²) in [4.78, 5) is 16.3. The molecule has 130 valence electrons. The molecule has 2 heterocycles. The lowest BCUT2D eigenvalue weighted by atomic mass is 9.92. The highest BCUT2D eigenvalue weighted by molar-refractivity contribution is 7.88. The molecular formula is C15H25N3O3S2. The largest absolute Gasteiger partial charge is 0.334 e. The van der Waals surface area contributed by atoms with E-state index < -0.39 is 10.0 Å². The molecule has 8 heteroatoms. The minimum atomic E-state index is -3.17. The lowest BCUT2D eigenvalue weighted by Crippen LogP contribution is -2.49.